The van der Waals surface area contributed by atoms with Gasteiger partial charge in [0.05, 0.1) is 21.4 Å². The minimum atomic E-state index is -0.318. The Labute approximate surface area is 156 Å². The summed E-state index contributed by atoms with van der Waals surface area (Å²) < 4.78 is 13.1. The summed E-state index contributed by atoms with van der Waals surface area (Å²) >= 11 is 7.52. The molecule has 0 fully saturated rings. The summed E-state index contributed by atoms with van der Waals surface area (Å²) in [6.45, 7) is 0. The molecule has 1 amide bonds. The number of ether oxygens (including phenoxy) is 1. The van der Waals surface area contributed by atoms with Gasteiger partial charge in [0.15, 0.2) is 3.77 Å². The summed E-state index contributed by atoms with van der Waals surface area (Å²) in [4.78, 5) is 12.0. The highest BCUT2D eigenvalue weighted by Gasteiger charge is 2.08. The maximum Gasteiger partial charge on any atom is 0.271 e. The SMILES string of the molecule is COc1cc(C(=O)N/N=C/c2cc(Br)c(I)o2)ccc1I. The topological polar surface area (TPSA) is 63.8 Å². The van der Waals surface area contributed by atoms with Crippen molar-refractivity contribution < 1.29 is 13.9 Å². The molecule has 0 aliphatic carbocycles. The molecule has 0 bridgehead atoms. The fourth-order valence-corrected chi connectivity index (χ4v) is 2.72. The quantitative estimate of drug-likeness (QED) is 0.341. The van der Waals surface area contributed by atoms with Crippen molar-refractivity contribution in [3.05, 3.63) is 47.4 Å². The summed E-state index contributed by atoms with van der Waals surface area (Å²) in [6, 6.07) is 6.95. The van der Waals surface area contributed by atoms with Crippen molar-refractivity contribution in [1.82, 2.24) is 5.43 Å². The van der Waals surface area contributed by atoms with Crippen LogP contribution < -0.4 is 10.2 Å². The van der Waals surface area contributed by atoms with Crippen LogP contribution >= 0.6 is 61.1 Å². The fourth-order valence-electron chi connectivity index (χ4n) is 1.45. The minimum Gasteiger partial charge on any atom is -0.496 e. The first-order valence-electron chi connectivity index (χ1n) is 5.63. The molecule has 0 spiro atoms. The number of hydrazone groups is 1. The van der Waals surface area contributed by atoms with Gasteiger partial charge in [-0.05, 0) is 56.7 Å². The second-order valence-electron chi connectivity index (χ2n) is 3.82. The number of hydrogen-bond donors (Lipinski definition) is 1. The van der Waals surface area contributed by atoms with Crippen LogP contribution in [0.2, 0.25) is 0 Å². The van der Waals surface area contributed by atoms with Crippen molar-refractivity contribution in [3.63, 3.8) is 0 Å². The zero-order chi connectivity index (χ0) is 15.4. The number of furan rings is 1. The van der Waals surface area contributed by atoms with Gasteiger partial charge in [-0.3, -0.25) is 4.79 Å². The van der Waals surface area contributed by atoms with Crippen LogP contribution in [0, 0.1) is 7.34 Å². The van der Waals surface area contributed by atoms with E-state index in [1.54, 1.807) is 25.3 Å². The van der Waals surface area contributed by atoms with E-state index in [1.165, 1.54) is 6.21 Å². The van der Waals surface area contributed by atoms with Crippen molar-refractivity contribution in [2.75, 3.05) is 7.11 Å². The van der Waals surface area contributed by atoms with E-state index < -0.39 is 0 Å². The molecule has 2 aromatic rings. The zero-order valence-corrected chi connectivity index (χ0v) is 16.6. The van der Waals surface area contributed by atoms with Gasteiger partial charge < -0.3 is 9.15 Å². The van der Waals surface area contributed by atoms with Crippen LogP contribution in [0.3, 0.4) is 0 Å². The third-order valence-electron chi connectivity index (χ3n) is 2.44. The van der Waals surface area contributed by atoms with Gasteiger partial charge in [0.25, 0.3) is 5.91 Å². The molecule has 2 rings (SSSR count). The lowest BCUT2D eigenvalue weighted by atomic mass is 10.2. The van der Waals surface area contributed by atoms with E-state index in [2.05, 4.69) is 71.6 Å². The van der Waals surface area contributed by atoms with Gasteiger partial charge in [-0.25, -0.2) is 5.43 Å². The van der Waals surface area contributed by atoms with Gasteiger partial charge in [0.2, 0.25) is 0 Å². The van der Waals surface area contributed by atoms with Crippen molar-refractivity contribution in [3.8, 4) is 5.75 Å². The molecule has 0 saturated carbocycles. The third-order valence-corrected chi connectivity index (χ3v) is 5.46. The first-order valence-corrected chi connectivity index (χ1v) is 8.58. The van der Waals surface area contributed by atoms with E-state index in [-0.39, 0.29) is 5.91 Å². The Hall–Kier alpha value is -0.620. The van der Waals surface area contributed by atoms with Gasteiger partial charge in [-0.15, -0.1) is 0 Å². The van der Waals surface area contributed by atoms with E-state index in [9.17, 15) is 4.79 Å². The van der Waals surface area contributed by atoms with Crippen molar-refractivity contribution in [1.29, 1.82) is 0 Å². The van der Waals surface area contributed by atoms with E-state index >= 15 is 0 Å². The third kappa shape index (κ3) is 4.42. The summed E-state index contributed by atoms with van der Waals surface area (Å²) in [5.41, 5.74) is 2.91. The van der Waals surface area contributed by atoms with Crippen LogP contribution in [0.15, 0.2) is 38.3 Å². The lowest BCUT2D eigenvalue weighted by Gasteiger charge is -2.05. The van der Waals surface area contributed by atoms with Gasteiger partial charge >= 0.3 is 0 Å². The molecule has 0 saturated heterocycles. The lowest BCUT2D eigenvalue weighted by molar-refractivity contribution is 0.0954. The number of carbonyl (C=O) groups is 1. The molecule has 8 heteroatoms. The molecule has 110 valence electrons. The summed E-state index contributed by atoms with van der Waals surface area (Å²) in [5.74, 6) is 0.879. The fraction of sp³-hybridized carbons (Fsp3) is 0.0769. The molecule has 0 aliphatic heterocycles. The molecular formula is C13H9BrI2N2O3. The summed E-state index contributed by atoms with van der Waals surface area (Å²) in [5, 5.41) is 3.87. The summed E-state index contributed by atoms with van der Waals surface area (Å²) in [7, 11) is 1.56. The number of benzene rings is 1. The Balaban J connectivity index is 2.04. The van der Waals surface area contributed by atoms with E-state index in [1.807, 2.05) is 6.07 Å². The predicted octanol–water partition coefficient (Wildman–Crippen LogP) is 4.02. The van der Waals surface area contributed by atoms with Crippen molar-refractivity contribution >= 4 is 73.2 Å². The Kier molecular flexibility index (Phi) is 6.05. The maximum atomic E-state index is 12.0. The molecule has 1 N–H and O–H groups in total. The average Bonchev–Trinajstić information content (AvgIpc) is 2.78. The molecule has 0 aliphatic rings. The number of amides is 1. The Morgan fingerprint density at radius 2 is 2.19 bits per heavy atom. The molecular weight excluding hydrogens is 566 g/mol. The zero-order valence-electron chi connectivity index (χ0n) is 10.7. The molecule has 1 aromatic heterocycles. The highest BCUT2D eigenvalue weighted by Crippen LogP contribution is 2.22. The smallest absolute Gasteiger partial charge is 0.271 e. The normalized spacial score (nSPS) is 10.9. The number of nitrogens with zero attached hydrogens (tertiary/aromatic N) is 1. The van der Waals surface area contributed by atoms with Gasteiger partial charge in [-0.1, -0.05) is 0 Å². The van der Waals surface area contributed by atoms with Crippen LogP contribution in [0.1, 0.15) is 16.1 Å². The van der Waals surface area contributed by atoms with Gasteiger partial charge in [0, 0.05) is 34.2 Å². The Bertz CT molecular complexity index is 681. The molecule has 0 unspecified atom stereocenters. The Morgan fingerprint density at radius 1 is 1.43 bits per heavy atom. The number of carbonyl (C=O) groups excluding carboxylic acids is 1. The van der Waals surface area contributed by atoms with Crippen LogP contribution in [-0.2, 0) is 0 Å². The highest BCUT2D eigenvalue weighted by molar-refractivity contribution is 14.1. The number of nitrogens with one attached hydrogen (secondary N) is 1. The number of halogens is 3. The van der Waals surface area contributed by atoms with Gasteiger partial charge in [0.1, 0.15) is 11.5 Å². The monoisotopic (exact) mass is 574 g/mol. The molecule has 21 heavy (non-hydrogen) atoms. The molecule has 1 aromatic carbocycles. The second kappa shape index (κ2) is 7.58. The summed E-state index contributed by atoms with van der Waals surface area (Å²) in [6.07, 6.45) is 1.44. The maximum absolute atomic E-state index is 12.0. The van der Waals surface area contributed by atoms with Crippen LogP contribution in [0.25, 0.3) is 0 Å². The molecule has 0 atom stereocenters. The number of methoxy groups -OCH3 is 1. The van der Waals surface area contributed by atoms with E-state index in [4.69, 9.17) is 9.15 Å². The highest BCUT2D eigenvalue weighted by atomic mass is 127. The average molecular weight is 575 g/mol. The standard InChI is InChI=1S/C13H9BrI2N2O3/c1-20-11-4-7(2-3-10(11)15)13(19)18-17-6-8-5-9(14)12(16)21-8/h2-6H,1H3,(H,18,19)/b17-6+. The Morgan fingerprint density at radius 3 is 2.81 bits per heavy atom. The number of rotatable bonds is 4. The van der Waals surface area contributed by atoms with Crippen LogP contribution in [0.4, 0.5) is 0 Å². The largest absolute Gasteiger partial charge is 0.496 e. The van der Waals surface area contributed by atoms with Crippen LogP contribution in [0.5, 0.6) is 5.75 Å². The van der Waals surface area contributed by atoms with Crippen molar-refractivity contribution in [2.45, 2.75) is 0 Å². The van der Waals surface area contributed by atoms with Crippen LogP contribution in [-0.4, -0.2) is 19.2 Å². The second-order valence-corrected chi connectivity index (χ2v) is 6.82. The first kappa shape index (κ1) is 16.7. The van der Waals surface area contributed by atoms with E-state index in [0.29, 0.717) is 17.1 Å². The molecule has 5 nitrogen and oxygen atoms in total. The lowest BCUT2D eigenvalue weighted by Crippen LogP contribution is -2.17. The molecule has 1 heterocycles. The molecule has 0 radical (unpaired) electrons. The van der Waals surface area contributed by atoms with E-state index in [0.717, 1.165) is 11.8 Å². The van der Waals surface area contributed by atoms with Crippen molar-refractivity contribution in [2.24, 2.45) is 5.10 Å². The van der Waals surface area contributed by atoms with Gasteiger partial charge in [-0.2, -0.15) is 5.10 Å². The minimum absolute atomic E-state index is 0.318. The predicted molar refractivity (Wildman–Crippen MR) is 99.9 cm³/mol. The number of hydrogen-bond acceptors (Lipinski definition) is 4. The first-order chi connectivity index (χ1) is 10.0.